The molecule has 1 amide bonds. The molecule has 0 saturated carbocycles. The SMILES string of the molecule is O=C(CC(Cc1ccccc1)C(=O)N[C@H](Cc1cnc[nH]1)C(=O)O)c1ccc(Cl)o1. The zero-order chi connectivity index (χ0) is 21.5. The van der Waals surface area contributed by atoms with E-state index in [1.165, 1.54) is 24.7 Å². The number of aromatic nitrogens is 2. The summed E-state index contributed by atoms with van der Waals surface area (Å²) in [5.74, 6) is -2.83. The molecule has 3 N–H and O–H groups in total. The van der Waals surface area contributed by atoms with Gasteiger partial charge < -0.3 is 19.8 Å². The Labute approximate surface area is 177 Å². The third-order valence-corrected chi connectivity index (χ3v) is 4.77. The van der Waals surface area contributed by atoms with Crippen LogP contribution in [0.25, 0.3) is 0 Å². The number of benzene rings is 1. The third kappa shape index (κ3) is 5.81. The van der Waals surface area contributed by atoms with Crippen LogP contribution in [0.2, 0.25) is 5.22 Å². The zero-order valence-corrected chi connectivity index (χ0v) is 16.6. The number of carbonyl (C=O) groups excluding carboxylic acids is 2. The maximum atomic E-state index is 13.0. The second-order valence-electron chi connectivity index (χ2n) is 6.80. The van der Waals surface area contributed by atoms with E-state index in [1.807, 2.05) is 30.3 Å². The van der Waals surface area contributed by atoms with Gasteiger partial charge in [0.25, 0.3) is 0 Å². The van der Waals surface area contributed by atoms with Crippen molar-refractivity contribution in [1.82, 2.24) is 15.3 Å². The lowest BCUT2D eigenvalue weighted by Crippen LogP contribution is -2.45. The van der Waals surface area contributed by atoms with Crippen LogP contribution in [0.4, 0.5) is 0 Å². The van der Waals surface area contributed by atoms with Gasteiger partial charge in [-0.25, -0.2) is 9.78 Å². The Morgan fingerprint density at radius 1 is 1.13 bits per heavy atom. The topological polar surface area (TPSA) is 125 Å². The molecule has 0 spiro atoms. The number of halogens is 1. The first-order valence-corrected chi connectivity index (χ1v) is 9.63. The van der Waals surface area contributed by atoms with Gasteiger partial charge in [-0.15, -0.1) is 0 Å². The van der Waals surface area contributed by atoms with Crippen molar-refractivity contribution >= 4 is 29.3 Å². The van der Waals surface area contributed by atoms with E-state index < -0.39 is 29.6 Å². The summed E-state index contributed by atoms with van der Waals surface area (Å²) >= 11 is 5.73. The van der Waals surface area contributed by atoms with Gasteiger partial charge in [0.1, 0.15) is 6.04 Å². The Morgan fingerprint density at radius 2 is 1.90 bits per heavy atom. The molecule has 2 heterocycles. The van der Waals surface area contributed by atoms with Crippen LogP contribution < -0.4 is 5.32 Å². The van der Waals surface area contributed by atoms with Crippen LogP contribution >= 0.6 is 11.6 Å². The molecular formula is C21H20ClN3O5. The Bertz CT molecular complexity index is 1000. The number of nitrogens with zero attached hydrogens (tertiary/aromatic N) is 1. The van der Waals surface area contributed by atoms with Gasteiger partial charge in [-0.2, -0.15) is 0 Å². The fourth-order valence-electron chi connectivity index (χ4n) is 3.05. The fourth-order valence-corrected chi connectivity index (χ4v) is 3.20. The summed E-state index contributed by atoms with van der Waals surface area (Å²) in [6.07, 6.45) is 3.08. The van der Waals surface area contributed by atoms with E-state index in [1.54, 1.807) is 0 Å². The number of carboxylic acids is 1. The summed E-state index contributed by atoms with van der Waals surface area (Å²) in [4.78, 5) is 43.8. The number of carbonyl (C=O) groups is 3. The number of H-pyrrole nitrogens is 1. The summed E-state index contributed by atoms with van der Waals surface area (Å²) in [7, 11) is 0. The van der Waals surface area contributed by atoms with Gasteiger partial charge in [0, 0.05) is 30.7 Å². The molecule has 0 fully saturated rings. The number of nitrogens with one attached hydrogen (secondary N) is 2. The van der Waals surface area contributed by atoms with E-state index in [4.69, 9.17) is 16.0 Å². The minimum absolute atomic E-state index is 0.0425. The summed E-state index contributed by atoms with van der Waals surface area (Å²) in [5.41, 5.74) is 1.42. The molecule has 0 aliphatic carbocycles. The van der Waals surface area contributed by atoms with E-state index >= 15 is 0 Å². The fraction of sp³-hybridized carbons (Fsp3) is 0.238. The molecule has 156 valence electrons. The number of amides is 1. The Morgan fingerprint density at radius 3 is 2.50 bits per heavy atom. The molecular weight excluding hydrogens is 410 g/mol. The average molecular weight is 430 g/mol. The monoisotopic (exact) mass is 429 g/mol. The first kappa shape index (κ1) is 21.3. The molecule has 0 radical (unpaired) electrons. The van der Waals surface area contributed by atoms with Crippen LogP contribution in [0.3, 0.4) is 0 Å². The lowest BCUT2D eigenvalue weighted by molar-refractivity contribution is -0.142. The molecule has 0 bridgehead atoms. The number of hydrogen-bond donors (Lipinski definition) is 3. The minimum Gasteiger partial charge on any atom is -0.480 e. The van der Waals surface area contributed by atoms with Crippen molar-refractivity contribution in [2.45, 2.75) is 25.3 Å². The summed E-state index contributed by atoms with van der Waals surface area (Å²) < 4.78 is 5.14. The summed E-state index contributed by atoms with van der Waals surface area (Å²) in [5, 5.41) is 12.1. The van der Waals surface area contributed by atoms with Gasteiger partial charge in [-0.3, -0.25) is 9.59 Å². The van der Waals surface area contributed by atoms with Gasteiger partial charge in [0.2, 0.25) is 5.91 Å². The lowest BCUT2D eigenvalue weighted by atomic mass is 9.92. The van der Waals surface area contributed by atoms with Crippen LogP contribution in [0.15, 0.2) is 59.4 Å². The third-order valence-electron chi connectivity index (χ3n) is 4.57. The molecule has 1 unspecified atom stereocenters. The number of Topliss-reactive ketones (excluding diaryl/α,β-unsaturated/α-hetero) is 1. The summed E-state index contributed by atoms with van der Waals surface area (Å²) in [6, 6.07) is 10.9. The number of furan rings is 1. The maximum Gasteiger partial charge on any atom is 0.326 e. The number of carboxylic acid groups (broad SMARTS) is 1. The number of rotatable bonds is 10. The van der Waals surface area contributed by atoms with Gasteiger partial charge in [-0.1, -0.05) is 30.3 Å². The van der Waals surface area contributed by atoms with E-state index in [-0.39, 0.29) is 30.2 Å². The van der Waals surface area contributed by atoms with Crippen molar-refractivity contribution in [3.05, 3.63) is 77.2 Å². The van der Waals surface area contributed by atoms with Crippen LogP contribution in [0, 0.1) is 5.92 Å². The van der Waals surface area contributed by atoms with E-state index in [2.05, 4.69) is 15.3 Å². The van der Waals surface area contributed by atoms with Crippen molar-refractivity contribution < 1.29 is 23.9 Å². The zero-order valence-electron chi connectivity index (χ0n) is 15.9. The molecule has 2 aromatic heterocycles. The van der Waals surface area contributed by atoms with Gasteiger partial charge in [0.15, 0.2) is 16.8 Å². The molecule has 1 aromatic carbocycles. The highest BCUT2D eigenvalue weighted by molar-refractivity contribution is 6.29. The van der Waals surface area contributed by atoms with Crippen molar-refractivity contribution in [1.29, 1.82) is 0 Å². The molecule has 30 heavy (non-hydrogen) atoms. The number of hydrogen-bond acceptors (Lipinski definition) is 5. The number of imidazole rings is 1. The first-order chi connectivity index (χ1) is 14.4. The molecule has 8 nitrogen and oxygen atoms in total. The minimum atomic E-state index is -1.18. The molecule has 0 aliphatic heterocycles. The average Bonchev–Trinajstić information content (AvgIpc) is 3.39. The molecule has 0 aliphatic rings. The maximum absolute atomic E-state index is 13.0. The van der Waals surface area contributed by atoms with Crippen LogP contribution in [-0.2, 0) is 22.4 Å². The van der Waals surface area contributed by atoms with Crippen molar-refractivity contribution in [3.8, 4) is 0 Å². The van der Waals surface area contributed by atoms with Gasteiger partial charge in [0.05, 0.1) is 6.33 Å². The number of aromatic amines is 1. The summed E-state index contributed by atoms with van der Waals surface area (Å²) in [6.45, 7) is 0. The van der Waals surface area contributed by atoms with Gasteiger partial charge >= 0.3 is 5.97 Å². The lowest BCUT2D eigenvalue weighted by Gasteiger charge is -2.20. The standard InChI is InChI=1S/C21H20ClN3O5/c22-19-7-6-18(30-19)17(26)9-14(8-13-4-2-1-3-5-13)20(27)25-16(21(28)29)10-15-11-23-12-24-15/h1-7,11-12,14,16H,8-10H2,(H,23,24)(H,25,27)(H,28,29)/t14?,16-/m1/s1. The highest BCUT2D eigenvalue weighted by atomic mass is 35.5. The predicted molar refractivity (Wildman–Crippen MR) is 108 cm³/mol. The first-order valence-electron chi connectivity index (χ1n) is 9.25. The quantitative estimate of drug-likeness (QED) is 0.425. The number of ketones is 1. The predicted octanol–water partition coefficient (Wildman–Crippen LogP) is 2.90. The van der Waals surface area contributed by atoms with Crippen molar-refractivity contribution in [2.75, 3.05) is 0 Å². The van der Waals surface area contributed by atoms with E-state index in [9.17, 15) is 19.5 Å². The van der Waals surface area contributed by atoms with Crippen LogP contribution in [0.5, 0.6) is 0 Å². The van der Waals surface area contributed by atoms with Crippen molar-refractivity contribution in [2.24, 2.45) is 5.92 Å². The molecule has 9 heteroatoms. The second-order valence-corrected chi connectivity index (χ2v) is 7.17. The molecule has 2 atom stereocenters. The normalized spacial score (nSPS) is 12.8. The van der Waals surface area contributed by atoms with E-state index in [0.717, 1.165) is 5.56 Å². The molecule has 0 saturated heterocycles. The van der Waals surface area contributed by atoms with Gasteiger partial charge in [-0.05, 0) is 35.7 Å². The van der Waals surface area contributed by atoms with Crippen LogP contribution in [-0.4, -0.2) is 38.8 Å². The molecule has 3 rings (SSSR count). The largest absolute Gasteiger partial charge is 0.480 e. The number of aliphatic carboxylic acids is 1. The van der Waals surface area contributed by atoms with Crippen molar-refractivity contribution in [3.63, 3.8) is 0 Å². The van der Waals surface area contributed by atoms with Crippen LogP contribution in [0.1, 0.15) is 28.2 Å². The molecule has 3 aromatic rings. The Hall–Kier alpha value is -3.39. The highest BCUT2D eigenvalue weighted by Gasteiger charge is 2.29. The highest BCUT2D eigenvalue weighted by Crippen LogP contribution is 2.20. The Kier molecular flexibility index (Phi) is 7.03. The van der Waals surface area contributed by atoms with E-state index in [0.29, 0.717) is 5.69 Å². The Balaban J connectivity index is 1.75. The smallest absolute Gasteiger partial charge is 0.326 e. The second kappa shape index (κ2) is 9.89.